The molecule has 1 N–H and O–H groups in total. The van der Waals surface area contributed by atoms with Crippen LogP contribution in [0.1, 0.15) is 12.5 Å². The average molecular weight is 279 g/mol. The van der Waals surface area contributed by atoms with Gasteiger partial charge in [0.25, 0.3) is 0 Å². The van der Waals surface area contributed by atoms with E-state index in [1.54, 1.807) is 0 Å². The summed E-state index contributed by atoms with van der Waals surface area (Å²) in [6.45, 7) is 3.75. The van der Waals surface area contributed by atoms with Crippen LogP contribution in [0.3, 0.4) is 0 Å². The predicted octanol–water partition coefficient (Wildman–Crippen LogP) is 2.66. The van der Waals surface area contributed by atoms with Gasteiger partial charge in [-0.05, 0) is 13.0 Å². The fourth-order valence-electron chi connectivity index (χ4n) is 1.62. The van der Waals surface area contributed by atoms with Crippen molar-refractivity contribution in [3.63, 3.8) is 0 Å². The second-order valence-corrected chi connectivity index (χ2v) is 4.14. The van der Waals surface area contributed by atoms with Gasteiger partial charge in [0.2, 0.25) is 0 Å². The highest BCUT2D eigenvalue weighted by Crippen LogP contribution is 2.30. The number of hydrogen-bond acceptors (Lipinski definition) is 2. The van der Waals surface area contributed by atoms with Gasteiger partial charge in [0.05, 0.1) is 6.61 Å². The van der Waals surface area contributed by atoms with Gasteiger partial charge in [0, 0.05) is 16.6 Å². The van der Waals surface area contributed by atoms with Gasteiger partial charge in [-0.3, -0.25) is 5.32 Å². The molecule has 4 heteroatoms. The van der Waals surface area contributed by atoms with Crippen LogP contribution in [0.15, 0.2) is 28.7 Å². The molecule has 0 aliphatic carbocycles. The van der Waals surface area contributed by atoms with Crippen molar-refractivity contribution < 1.29 is 4.74 Å². The molecule has 1 aliphatic rings. The van der Waals surface area contributed by atoms with Crippen LogP contribution < -0.4 is 5.32 Å². The molecule has 78 valence electrons. The van der Waals surface area contributed by atoms with Gasteiger partial charge in [-0.25, -0.2) is 0 Å². The van der Waals surface area contributed by atoms with E-state index in [4.69, 9.17) is 4.74 Å². The van der Waals surface area contributed by atoms with Crippen LogP contribution in [0, 0.1) is 0 Å². The SMILES string of the molecule is CC1(c2ccccc2Br)NCCO1.Cl. The highest BCUT2D eigenvalue weighted by atomic mass is 79.9. The first-order valence-electron chi connectivity index (χ1n) is 4.36. The lowest BCUT2D eigenvalue weighted by Crippen LogP contribution is -2.34. The van der Waals surface area contributed by atoms with Crippen LogP contribution in [-0.2, 0) is 10.5 Å². The van der Waals surface area contributed by atoms with Crippen LogP contribution in [0.5, 0.6) is 0 Å². The molecule has 1 aromatic rings. The Balaban J connectivity index is 0.000000980. The Hall–Kier alpha value is -0.0900. The van der Waals surface area contributed by atoms with Gasteiger partial charge in [-0.15, -0.1) is 12.4 Å². The van der Waals surface area contributed by atoms with E-state index in [1.807, 2.05) is 18.2 Å². The van der Waals surface area contributed by atoms with E-state index in [9.17, 15) is 0 Å². The van der Waals surface area contributed by atoms with Crippen molar-refractivity contribution in [3.05, 3.63) is 34.3 Å². The molecule has 0 radical (unpaired) electrons. The fourth-order valence-corrected chi connectivity index (χ4v) is 2.28. The van der Waals surface area contributed by atoms with Gasteiger partial charge in [0.15, 0.2) is 0 Å². The van der Waals surface area contributed by atoms with E-state index >= 15 is 0 Å². The second-order valence-electron chi connectivity index (χ2n) is 3.29. The van der Waals surface area contributed by atoms with Gasteiger partial charge < -0.3 is 4.74 Å². The topological polar surface area (TPSA) is 21.3 Å². The highest BCUT2D eigenvalue weighted by molar-refractivity contribution is 9.10. The molecule has 0 amide bonds. The third-order valence-corrected chi connectivity index (χ3v) is 3.03. The maximum Gasteiger partial charge on any atom is 0.143 e. The first-order chi connectivity index (χ1) is 6.22. The van der Waals surface area contributed by atoms with E-state index in [-0.39, 0.29) is 18.1 Å². The molecule has 0 saturated carbocycles. The minimum atomic E-state index is -0.319. The van der Waals surface area contributed by atoms with Crippen LogP contribution in [0.25, 0.3) is 0 Å². The number of nitrogens with one attached hydrogen (secondary N) is 1. The molecule has 1 saturated heterocycles. The third kappa shape index (κ3) is 2.11. The summed E-state index contributed by atoms with van der Waals surface area (Å²) < 4.78 is 6.76. The zero-order chi connectivity index (χ0) is 9.31. The fraction of sp³-hybridized carbons (Fsp3) is 0.400. The van der Waals surface area contributed by atoms with Crippen molar-refractivity contribution in [2.24, 2.45) is 0 Å². The first kappa shape index (κ1) is 12.0. The molecule has 1 aromatic carbocycles. The summed E-state index contributed by atoms with van der Waals surface area (Å²) in [6, 6.07) is 8.13. The minimum absolute atomic E-state index is 0. The maximum atomic E-state index is 5.67. The summed E-state index contributed by atoms with van der Waals surface area (Å²) in [7, 11) is 0. The average Bonchev–Trinajstić information content (AvgIpc) is 2.54. The largest absolute Gasteiger partial charge is 0.355 e. The summed E-state index contributed by atoms with van der Waals surface area (Å²) in [5.74, 6) is 0. The van der Waals surface area contributed by atoms with Crippen molar-refractivity contribution in [1.82, 2.24) is 5.32 Å². The molecule has 1 fully saturated rings. The van der Waals surface area contributed by atoms with Crippen LogP contribution in [0.4, 0.5) is 0 Å². The lowest BCUT2D eigenvalue weighted by molar-refractivity contribution is 0.00187. The summed E-state index contributed by atoms with van der Waals surface area (Å²) in [6.07, 6.45) is 0. The zero-order valence-electron chi connectivity index (χ0n) is 7.92. The Morgan fingerprint density at radius 3 is 2.71 bits per heavy atom. The quantitative estimate of drug-likeness (QED) is 0.853. The van der Waals surface area contributed by atoms with Crippen molar-refractivity contribution in [2.45, 2.75) is 12.6 Å². The molecule has 1 unspecified atom stereocenters. The lowest BCUT2D eigenvalue weighted by Gasteiger charge is -2.25. The Morgan fingerprint density at radius 1 is 1.43 bits per heavy atom. The summed E-state index contributed by atoms with van der Waals surface area (Å²) in [5, 5.41) is 3.34. The first-order valence-corrected chi connectivity index (χ1v) is 5.16. The summed E-state index contributed by atoms with van der Waals surface area (Å²) in [5.41, 5.74) is 0.840. The summed E-state index contributed by atoms with van der Waals surface area (Å²) in [4.78, 5) is 0. The smallest absolute Gasteiger partial charge is 0.143 e. The molecule has 2 nitrogen and oxygen atoms in total. The predicted molar refractivity (Wildman–Crippen MR) is 62.7 cm³/mol. The van der Waals surface area contributed by atoms with Gasteiger partial charge in [0.1, 0.15) is 5.72 Å². The Morgan fingerprint density at radius 2 is 2.14 bits per heavy atom. The lowest BCUT2D eigenvalue weighted by atomic mass is 10.1. The molecule has 2 rings (SSSR count). The summed E-state index contributed by atoms with van der Waals surface area (Å²) >= 11 is 3.52. The number of ether oxygens (including phenoxy) is 1. The van der Waals surface area contributed by atoms with Crippen molar-refractivity contribution in [1.29, 1.82) is 0 Å². The molecule has 1 atom stereocenters. The Bertz CT molecular complexity index is 313. The van der Waals surface area contributed by atoms with E-state index in [1.165, 1.54) is 0 Å². The molecule has 0 spiro atoms. The van der Waals surface area contributed by atoms with Gasteiger partial charge in [-0.2, -0.15) is 0 Å². The number of benzene rings is 1. The third-order valence-electron chi connectivity index (χ3n) is 2.34. The Kier molecular flexibility index (Phi) is 3.95. The normalized spacial score (nSPS) is 25.9. The highest BCUT2D eigenvalue weighted by Gasteiger charge is 2.32. The Labute approximate surface area is 98.6 Å². The molecule has 1 heterocycles. The van der Waals surface area contributed by atoms with Crippen LogP contribution in [-0.4, -0.2) is 13.2 Å². The van der Waals surface area contributed by atoms with Crippen LogP contribution >= 0.6 is 28.3 Å². The van der Waals surface area contributed by atoms with Crippen molar-refractivity contribution in [3.8, 4) is 0 Å². The molecule has 0 aromatic heterocycles. The molecular weight excluding hydrogens is 265 g/mol. The minimum Gasteiger partial charge on any atom is -0.355 e. The number of rotatable bonds is 1. The maximum absolute atomic E-state index is 5.67. The molecular formula is C10H13BrClNO. The second kappa shape index (κ2) is 4.62. The van der Waals surface area contributed by atoms with Crippen molar-refractivity contribution in [2.75, 3.05) is 13.2 Å². The monoisotopic (exact) mass is 277 g/mol. The standard InChI is InChI=1S/C10H12BrNO.ClH/c1-10(12-6-7-13-10)8-4-2-3-5-9(8)11;/h2-5,12H,6-7H2,1H3;1H. The molecule has 1 aliphatic heterocycles. The molecule has 14 heavy (non-hydrogen) atoms. The van der Waals surface area contributed by atoms with Crippen molar-refractivity contribution >= 4 is 28.3 Å². The molecule has 0 bridgehead atoms. The number of hydrogen-bond donors (Lipinski definition) is 1. The van der Waals surface area contributed by atoms with Gasteiger partial charge in [-0.1, -0.05) is 34.1 Å². The zero-order valence-corrected chi connectivity index (χ0v) is 10.3. The van der Waals surface area contributed by atoms with E-state index in [0.717, 1.165) is 23.2 Å². The van der Waals surface area contributed by atoms with Crippen LogP contribution in [0.2, 0.25) is 0 Å². The van der Waals surface area contributed by atoms with Gasteiger partial charge >= 0.3 is 0 Å². The number of halogens is 2. The van der Waals surface area contributed by atoms with E-state index in [2.05, 4.69) is 34.2 Å². The van der Waals surface area contributed by atoms with E-state index in [0.29, 0.717) is 0 Å². The van der Waals surface area contributed by atoms with E-state index < -0.39 is 0 Å².